The molecule has 2 aromatic heterocycles. The van der Waals surface area contributed by atoms with Crippen LogP contribution in [0, 0.1) is 5.82 Å². The number of hydrogen-bond donors (Lipinski definition) is 0. The third-order valence-corrected chi connectivity index (χ3v) is 4.96. The molecule has 2 aliphatic heterocycles. The van der Waals surface area contributed by atoms with Crippen LogP contribution in [0.4, 0.5) is 17.6 Å². The van der Waals surface area contributed by atoms with Gasteiger partial charge in [-0.3, -0.25) is 4.90 Å². The Balaban J connectivity index is 1.41. The Hall–Kier alpha value is -2.62. The summed E-state index contributed by atoms with van der Waals surface area (Å²) in [7, 11) is 0. The highest BCUT2D eigenvalue weighted by atomic mass is 19.4. The maximum atomic E-state index is 14.5. The summed E-state index contributed by atoms with van der Waals surface area (Å²) in [5.74, 6) is 0.364. The van der Waals surface area contributed by atoms with Crippen LogP contribution in [0.3, 0.4) is 0 Å². The molecule has 1 saturated heterocycles. The molecule has 1 unspecified atom stereocenters. The van der Waals surface area contributed by atoms with E-state index in [-0.39, 0.29) is 29.5 Å². The van der Waals surface area contributed by atoms with E-state index in [1.165, 1.54) is 12.1 Å². The second-order valence-corrected chi connectivity index (χ2v) is 6.93. The van der Waals surface area contributed by atoms with Gasteiger partial charge in [-0.15, -0.1) is 0 Å². The molecule has 29 heavy (non-hydrogen) atoms. The minimum atomic E-state index is -4.49. The van der Waals surface area contributed by atoms with E-state index in [4.69, 9.17) is 14.2 Å². The van der Waals surface area contributed by atoms with Gasteiger partial charge in [-0.25, -0.2) is 14.4 Å². The highest BCUT2D eigenvalue weighted by Gasteiger charge is 2.33. The molecule has 6 nitrogen and oxygen atoms in total. The van der Waals surface area contributed by atoms with Crippen LogP contribution < -0.4 is 14.2 Å². The van der Waals surface area contributed by atoms with Gasteiger partial charge in [0.2, 0.25) is 0 Å². The molecule has 2 aliphatic rings. The molecule has 1 fully saturated rings. The minimum absolute atomic E-state index is 0.240. The van der Waals surface area contributed by atoms with E-state index < -0.39 is 17.7 Å². The van der Waals surface area contributed by atoms with Crippen molar-refractivity contribution in [3.05, 3.63) is 41.6 Å². The van der Waals surface area contributed by atoms with Gasteiger partial charge in [0.15, 0.2) is 5.75 Å². The lowest BCUT2D eigenvalue weighted by atomic mass is 10.1. The Kier molecular flexibility index (Phi) is 5.20. The van der Waals surface area contributed by atoms with Crippen LogP contribution in [-0.4, -0.2) is 47.3 Å². The number of halogens is 4. The first-order valence-electron chi connectivity index (χ1n) is 9.21. The Bertz CT molecular complexity index is 876. The number of hydrogen-bond acceptors (Lipinski definition) is 6. The second kappa shape index (κ2) is 7.66. The molecular weight excluding hydrogens is 394 g/mol. The molecule has 0 aliphatic carbocycles. The van der Waals surface area contributed by atoms with Crippen molar-refractivity contribution in [2.75, 3.05) is 26.3 Å². The van der Waals surface area contributed by atoms with Crippen molar-refractivity contribution in [3.63, 3.8) is 0 Å². The van der Waals surface area contributed by atoms with Gasteiger partial charge >= 0.3 is 6.18 Å². The lowest BCUT2D eigenvalue weighted by Crippen LogP contribution is -2.29. The van der Waals surface area contributed by atoms with E-state index in [2.05, 4.69) is 9.97 Å². The van der Waals surface area contributed by atoms with Crippen LogP contribution in [0.15, 0.2) is 24.4 Å². The number of ether oxygens (including phenoxy) is 3. The van der Waals surface area contributed by atoms with Crippen LogP contribution in [0.5, 0.6) is 17.4 Å². The Morgan fingerprint density at radius 3 is 2.76 bits per heavy atom. The van der Waals surface area contributed by atoms with E-state index in [1.54, 1.807) is 0 Å². The number of aromatic nitrogens is 2. The van der Waals surface area contributed by atoms with Crippen molar-refractivity contribution in [1.82, 2.24) is 14.9 Å². The third-order valence-electron chi connectivity index (χ3n) is 4.96. The highest BCUT2D eigenvalue weighted by molar-refractivity contribution is 5.37. The summed E-state index contributed by atoms with van der Waals surface area (Å²) in [4.78, 5) is 9.68. The molecule has 2 atom stereocenters. The summed E-state index contributed by atoms with van der Waals surface area (Å²) in [5.41, 5.74) is -0.710. The van der Waals surface area contributed by atoms with Gasteiger partial charge in [0.25, 0.3) is 5.88 Å². The zero-order valence-electron chi connectivity index (χ0n) is 15.6. The number of nitrogens with zero attached hydrogens (tertiary/aromatic N) is 3. The lowest BCUT2D eigenvalue weighted by molar-refractivity contribution is -0.141. The fourth-order valence-electron chi connectivity index (χ4n) is 3.44. The van der Waals surface area contributed by atoms with Crippen molar-refractivity contribution in [3.8, 4) is 17.4 Å². The minimum Gasteiger partial charge on any atom is -0.487 e. The predicted molar refractivity (Wildman–Crippen MR) is 93.4 cm³/mol. The topological polar surface area (TPSA) is 56.7 Å². The van der Waals surface area contributed by atoms with Crippen LogP contribution in [0.1, 0.15) is 30.8 Å². The molecule has 10 heteroatoms. The summed E-state index contributed by atoms with van der Waals surface area (Å²) in [6.07, 6.45) is -3.01. The molecule has 0 radical (unpaired) electrons. The predicted octanol–water partition coefficient (Wildman–Crippen LogP) is 3.62. The number of likely N-dealkylation sites (tertiary alicyclic amines) is 1. The van der Waals surface area contributed by atoms with E-state index in [0.29, 0.717) is 38.5 Å². The third kappa shape index (κ3) is 4.21. The highest BCUT2D eigenvalue weighted by Crippen LogP contribution is 2.34. The molecular formula is C19H19F4N3O3. The molecule has 0 aromatic carbocycles. The summed E-state index contributed by atoms with van der Waals surface area (Å²) in [6, 6.07) is 3.10. The monoisotopic (exact) mass is 413 g/mol. The first-order chi connectivity index (χ1) is 13.8. The summed E-state index contributed by atoms with van der Waals surface area (Å²) < 4.78 is 68.8. The molecule has 2 aromatic rings. The van der Waals surface area contributed by atoms with Gasteiger partial charge in [-0.1, -0.05) is 0 Å². The zero-order valence-corrected chi connectivity index (χ0v) is 15.6. The largest absolute Gasteiger partial charge is 0.487 e. The van der Waals surface area contributed by atoms with Gasteiger partial charge in [0, 0.05) is 19.2 Å². The average molecular weight is 413 g/mol. The normalized spacial score (nSPS) is 20.5. The maximum absolute atomic E-state index is 14.5. The fraction of sp³-hybridized carbons (Fsp3) is 0.474. The van der Waals surface area contributed by atoms with E-state index in [1.807, 2.05) is 11.8 Å². The van der Waals surface area contributed by atoms with E-state index in [9.17, 15) is 17.6 Å². The van der Waals surface area contributed by atoms with Crippen LogP contribution in [0.2, 0.25) is 0 Å². The van der Waals surface area contributed by atoms with Gasteiger partial charge < -0.3 is 14.2 Å². The van der Waals surface area contributed by atoms with Crippen molar-refractivity contribution < 1.29 is 31.8 Å². The smallest absolute Gasteiger partial charge is 0.433 e. The summed E-state index contributed by atoms with van der Waals surface area (Å²) >= 11 is 0. The SMILES string of the molecule is CC(c1nc2c(cc1F)OCCO2)N1CC[C@@H](Oc2ccc(C(F)(F)F)nc2)C1. The van der Waals surface area contributed by atoms with Gasteiger partial charge in [0.1, 0.15) is 36.6 Å². The average Bonchev–Trinajstić information content (AvgIpc) is 3.15. The molecule has 0 amide bonds. The number of fused-ring (bicyclic) bond motifs is 1. The number of alkyl halides is 3. The Morgan fingerprint density at radius 2 is 2.03 bits per heavy atom. The maximum Gasteiger partial charge on any atom is 0.433 e. The molecule has 0 saturated carbocycles. The second-order valence-electron chi connectivity index (χ2n) is 6.93. The first-order valence-corrected chi connectivity index (χ1v) is 9.21. The molecule has 0 spiro atoms. The quantitative estimate of drug-likeness (QED) is 0.714. The van der Waals surface area contributed by atoms with Gasteiger partial charge in [0.05, 0.1) is 17.9 Å². The molecule has 0 bridgehead atoms. The molecule has 4 heterocycles. The van der Waals surface area contributed by atoms with E-state index >= 15 is 0 Å². The van der Waals surface area contributed by atoms with Crippen LogP contribution in [-0.2, 0) is 6.18 Å². The summed E-state index contributed by atoms with van der Waals surface area (Å²) in [6.45, 7) is 3.67. The van der Waals surface area contributed by atoms with Crippen molar-refractivity contribution >= 4 is 0 Å². The van der Waals surface area contributed by atoms with Crippen LogP contribution >= 0.6 is 0 Å². The molecule has 4 rings (SSSR count). The van der Waals surface area contributed by atoms with Gasteiger partial charge in [-0.2, -0.15) is 13.2 Å². The van der Waals surface area contributed by atoms with Crippen molar-refractivity contribution in [2.24, 2.45) is 0 Å². The standard InChI is InChI=1S/C19H19F4N3O3/c1-11(17-14(20)8-15-18(25-17)28-7-6-27-15)26-5-4-13(10-26)29-12-2-3-16(24-9-12)19(21,22)23/h2-3,8-9,11,13H,4-7,10H2,1H3/t11?,13-/m1/s1. The molecule has 156 valence electrons. The van der Waals surface area contributed by atoms with Gasteiger partial charge in [-0.05, 0) is 25.5 Å². The Labute approximate surface area is 164 Å². The lowest BCUT2D eigenvalue weighted by Gasteiger charge is -2.26. The van der Waals surface area contributed by atoms with Crippen molar-refractivity contribution in [1.29, 1.82) is 0 Å². The van der Waals surface area contributed by atoms with Crippen molar-refractivity contribution in [2.45, 2.75) is 31.7 Å². The summed E-state index contributed by atoms with van der Waals surface area (Å²) in [5, 5.41) is 0. The molecule has 0 N–H and O–H groups in total. The zero-order chi connectivity index (χ0) is 20.6. The first kappa shape index (κ1) is 19.7. The Morgan fingerprint density at radius 1 is 1.24 bits per heavy atom. The number of pyridine rings is 2. The van der Waals surface area contributed by atoms with E-state index in [0.717, 1.165) is 12.3 Å². The fourth-order valence-corrected chi connectivity index (χ4v) is 3.44. The van der Waals surface area contributed by atoms with Crippen LogP contribution in [0.25, 0.3) is 0 Å². The number of rotatable bonds is 4.